The Hall–Kier alpha value is -2.14. The highest BCUT2D eigenvalue weighted by atomic mass is 16.4. The molecule has 1 atom stereocenters. The van der Waals surface area contributed by atoms with Gasteiger partial charge in [-0.2, -0.15) is 0 Å². The van der Waals surface area contributed by atoms with Crippen LogP contribution in [0.2, 0.25) is 0 Å². The Balaban J connectivity index is 2.01. The van der Waals surface area contributed by atoms with Crippen molar-refractivity contribution in [2.45, 2.75) is 33.2 Å². The molecule has 1 aromatic carbocycles. The highest BCUT2D eigenvalue weighted by Gasteiger charge is 2.15. The van der Waals surface area contributed by atoms with Crippen molar-refractivity contribution in [2.75, 3.05) is 5.32 Å². The lowest BCUT2D eigenvalue weighted by Gasteiger charge is -2.14. The number of amides is 1. The molecule has 5 heteroatoms. The van der Waals surface area contributed by atoms with E-state index in [1.165, 1.54) is 0 Å². The van der Waals surface area contributed by atoms with Crippen molar-refractivity contribution >= 4 is 11.6 Å². The molecule has 0 bridgehead atoms. The molecule has 2 rings (SSSR count). The van der Waals surface area contributed by atoms with Crippen molar-refractivity contribution < 1.29 is 9.21 Å². The van der Waals surface area contributed by atoms with Crippen molar-refractivity contribution in [1.29, 1.82) is 0 Å². The van der Waals surface area contributed by atoms with Gasteiger partial charge < -0.3 is 15.5 Å². The molecule has 0 fully saturated rings. The van der Waals surface area contributed by atoms with Gasteiger partial charge in [0.15, 0.2) is 11.7 Å². The van der Waals surface area contributed by atoms with Gasteiger partial charge in [0.05, 0.1) is 12.2 Å². The second-order valence-corrected chi connectivity index (χ2v) is 5.55. The van der Waals surface area contributed by atoms with E-state index in [2.05, 4.69) is 10.3 Å². The number of oxazole rings is 1. The van der Waals surface area contributed by atoms with Crippen LogP contribution in [-0.2, 0) is 4.79 Å². The molecule has 2 aromatic rings. The summed E-state index contributed by atoms with van der Waals surface area (Å²) in [5.41, 5.74) is 7.49. The number of hydrogen-bond donors (Lipinski definition) is 2. The summed E-state index contributed by atoms with van der Waals surface area (Å²) in [6, 6.07) is 6.93. The summed E-state index contributed by atoms with van der Waals surface area (Å²) in [6.07, 6.45) is 2.35. The van der Waals surface area contributed by atoms with Crippen molar-refractivity contribution in [3.05, 3.63) is 36.4 Å². The van der Waals surface area contributed by atoms with Crippen LogP contribution in [0, 0.1) is 12.8 Å². The lowest BCUT2D eigenvalue weighted by atomic mass is 10.0. The van der Waals surface area contributed by atoms with Crippen molar-refractivity contribution in [2.24, 2.45) is 11.7 Å². The van der Waals surface area contributed by atoms with Crippen LogP contribution < -0.4 is 11.1 Å². The van der Waals surface area contributed by atoms with E-state index < -0.39 is 6.04 Å². The van der Waals surface area contributed by atoms with Crippen LogP contribution in [0.25, 0.3) is 11.3 Å². The molecule has 21 heavy (non-hydrogen) atoms. The number of carbonyl (C=O) groups excluding carboxylic acids is 1. The zero-order valence-corrected chi connectivity index (χ0v) is 12.6. The zero-order valence-electron chi connectivity index (χ0n) is 12.6. The average molecular weight is 287 g/mol. The van der Waals surface area contributed by atoms with Crippen molar-refractivity contribution in [3.8, 4) is 11.3 Å². The predicted octanol–water partition coefficient (Wildman–Crippen LogP) is 2.96. The zero-order chi connectivity index (χ0) is 15.4. The van der Waals surface area contributed by atoms with E-state index in [-0.39, 0.29) is 5.91 Å². The molecule has 112 valence electrons. The summed E-state index contributed by atoms with van der Waals surface area (Å²) in [6.45, 7) is 5.89. The first-order valence-corrected chi connectivity index (χ1v) is 7.05. The second-order valence-electron chi connectivity index (χ2n) is 5.55. The van der Waals surface area contributed by atoms with Gasteiger partial charge in [0.1, 0.15) is 0 Å². The van der Waals surface area contributed by atoms with Gasteiger partial charge in [-0.3, -0.25) is 4.79 Å². The highest BCUT2D eigenvalue weighted by molar-refractivity contribution is 5.94. The van der Waals surface area contributed by atoms with Gasteiger partial charge in [0, 0.05) is 18.2 Å². The number of nitrogens with zero attached hydrogens (tertiary/aromatic N) is 1. The Morgan fingerprint density at radius 3 is 2.52 bits per heavy atom. The molecule has 1 heterocycles. The van der Waals surface area contributed by atoms with E-state index >= 15 is 0 Å². The molecule has 0 radical (unpaired) electrons. The normalized spacial score (nSPS) is 12.4. The Morgan fingerprint density at radius 2 is 2.00 bits per heavy atom. The number of rotatable bonds is 5. The maximum absolute atomic E-state index is 11.9. The summed E-state index contributed by atoms with van der Waals surface area (Å²) >= 11 is 0. The molecule has 0 aliphatic carbocycles. The Kier molecular flexibility index (Phi) is 4.75. The fraction of sp³-hybridized carbons (Fsp3) is 0.375. The van der Waals surface area contributed by atoms with Gasteiger partial charge in [0.2, 0.25) is 5.91 Å². The van der Waals surface area contributed by atoms with Gasteiger partial charge in [-0.05, 0) is 36.6 Å². The number of aryl methyl sites for hydroxylation is 1. The first kappa shape index (κ1) is 15.3. The van der Waals surface area contributed by atoms with Crippen molar-refractivity contribution in [3.63, 3.8) is 0 Å². The third-order valence-corrected chi connectivity index (χ3v) is 3.12. The third-order valence-electron chi connectivity index (χ3n) is 3.12. The molecule has 0 saturated heterocycles. The lowest BCUT2D eigenvalue weighted by molar-refractivity contribution is -0.117. The van der Waals surface area contributed by atoms with Crippen LogP contribution in [-0.4, -0.2) is 16.9 Å². The molecule has 1 aromatic heterocycles. The molecule has 0 unspecified atom stereocenters. The van der Waals surface area contributed by atoms with E-state index in [1.54, 1.807) is 13.1 Å². The molecule has 3 N–H and O–H groups in total. The summed E-state index contributed by atoms with van der Waals surface area (Å²) in [4.78, 5) is 16.0. The topological polar surface area (TPSA) is 81.2 Å². The second kappa shape index (κ2) is 6.54. The van der Waals surface area contributed by atoms with Gasteiger partial charge in [-0.15, -0.1) is 0 Å². The SMILES string of the molecule is Cc1ncc(-c2ccc(NC(=O)[C@@H](N)CC(C)C)cc2)o1. The van der Waals surface area contributed by atoms with E-state index in [0.717, 1.165) is 11.3 Å². The molecule has 0 spiro atoms. The lowest BCUT2D eigenvalue weighted by Crippen LogP contribution is -2.36. The molecular formula is C16H21N3O2. The summed E-state index contributed by atoms with van der Waals surface area (Å²) < 4.78 is 5.45. The highest BCUT2D eigenvalue weighted by Crippen LogP contribution is 2.22. The number of hydrogen-bond acceptors (Lipinski definition) is 4. The number of anilines is 1. The molecule has 0 saturated carbocycles. The largest absolute Gasteiger partial charge is 0.441 e. The summed E-state index contributed by atoms with van der Waals surface area (Å²) in [5, 5.41) is 2.82. The van der Waals surface area contributed by atoms with Crippen LogP contribution in [0.15, 0.2) is 34.9 Å². The number of aromatic nitrogens is 1. The van der Waals surface area contributed by atoms with Crippen LogP contribution in [0.3, 0.4) is 0 Å². The monoisotopic (exact) mass is 287 g/mol. The standard InChI is InChI=1S/C16H21N3O2/c1-10(2)8-14(17)16(20)19-13-6-4-12(5-7-13)15-9-18-11(3)21-15/h4-7,9-10,14H,8,17H2,1-3H3,(H,19,20)/t14-/m0/s1. The van der Waals surface area contributed by atoms with Gasteiger partial charge in [0.25, 0.3) is 0 Å². The third kappa shape index (κ3) is 4.16. The Bertz CT molecular complexity index is 602. The van der Waals surface area contributed by atoms with Gasteiger partial charge in [-0.25, -0.2) is 4.98 Å². The fourth-order valence-corrected chi connectivity index (χ4v) is 2.06. The summed E-state index contributed by atoms with van der Waals surface area (Å²) in [5.74, 6) is 1.57. The van der Waals surface area contributed by atoms with Gasteiger partial charge >= 0.3 is 0 Å². The number of nitrogens with two attached hydrogens (primary N) is 1. The van der Waals surface area contributed by atoms with E-state index in [4.69, 9.17) is 10.2 Å². The minimum Gasteiger partial charge on any atom is -0.441 e. The Morgan fingerprint density at radius 1 is 1.33 bits per heavy atom. The fourth-order valence-electron chi connectivity index (χ4n) is 2.06. The number of nitrogens with one attached hydrogen (secondary N) is 1. The van der Waals surface area contributed by atoms with E-state index in [0.29, 0.717) is 24.0 Å². The van der Waals surface area contributed by atoms with Crippen LogP contribution in [0.5, 0.6) is 0 Å². The molecular weight excluding hydrogens is 266 g/mol. The van der Waals surface area contributed by atoms with Gasteiger partial charge in [-0.1, -0.05) is 13.8 Å². The quantitative estimate of drug-likeness (QED) is 0.885. The molecule has 1 amide bonds. The minimum absolute atomic E-state index is 0.160. The maximum atomic E-state index is 11.9. The number of benzene rings is 1. The first-order valence-electron chi connectivity index (χ1n) is 7.05. The van der Waals surface area contributed by atoms with Crippen LogP contribution in [0.1, 0.15) is 26.2 Å². The Labute approximate surface area is 124 Å². The summed E-state index contributed by atoms with van der Waals surface area (Å²) in [7, 11) is 0. The molecule has 5 nitrogen and oxygen atoms in total. The molecule has 0 aliphatic heterocycles. The first-order chi connectivity index (χ1) is 9.95. The van der Waals surface area contributed by atoms with Crippen LogP contribution in [0.4, 0.5) is 5.69 Å². The predicted molar refractivity (Wildman–Crippen MR) is 82.7 cm³/mol. The maximum Gasteiger partial charge on any atom is 0.241 e. The van der Waals surface area contributed by atoms with E-state index in [9.17, 15) is 4.79 Å². The van der Waals surface area contributed by atoms with E-state index in [1.807, 2.05) is 38.1 Å². The smallest absolute Gasteiger partial charge is 0.241 e. The van der Waals surface area contributed by atoms with Crippen LogP contribution >= 0.6 is 0 Å². The average Bonchev–Trinajstić information content (AvgIpc) is 2.85. The van der Waals surface area contributed by atoms with Crippen molar-refractivity contribution in [1.82, 2.24) is 4.98 Å². The minimum atomic E-state index is -0.485. The molecule has 0 aliphatic rings. The number of carbonyl (C=O) groups is 1.